The second-order valence-corrected chi connectivity index (χ2v) is 6.78. The van der Waals surface area contributed by atoms with E-state index in [0.29, 0.717) is 30.5 Å². The van der Waals surface area contributed by atoms with E-state index >= 15 is 0 Å². The minimum absolute atomic E-state index is 0.0207. The molecule has 2 N–H and O–H groups in total. The molecule has 1 aromatic rings. The fourth-order valence-electron chi connectivity index (χ4n) is 1.99. The van der Waals surface area contributed by atoms with Gasteiger partial charge in [0.2, 0.25) is 10.0 Å². The minimum atomic E-state index is -3.97. The zero-order valence-corrected chi connectivity index (χ0v) is 13.5. The van der Waals surface area contributed by atoms with Gasteiger partial charge in [-0.2, -0.15) is 5.10 Å². The van der Waals surface area contributed by atoms with Crippen molar-refractivity contribution in [1.29, 1.82) is 0 Å². The Balaban J connectivity index is 2.91. The first-order chi connectivity index (χ1) is 9.65. The van der Waals surface area contributed by atoms with Crippen LogP contribution in [0.4, 0.5) is 8.78 Å². The number of sulfonamides is 1. The predicted octanol–water partition coefficient (Wildman–Crippen LogP) is 1.04. The Bertz CT molecular complexity index is 570. The number of hydrogen-bond acceptors (Lipinski definition) is 4. The van der Waals surface area contributed by atoms with E-state index in [-0.39, 0.29) is 4.90 Å². The van der Waals surface area contributed by atoms with E-state index in [0.717, 1.165) is 0 Å². The second-order valence-electron chi connectivity index (χ2n) is 5.07. The molecule has 1 rings (SSSR count). The van der Waals surface area contributed by atoms with Crippen LogP contribution in [-0.4, -0.2) is 43.8 Å². The fourth-order valence-corrected chi connectivity index (χ4v) is 3.40. The lowest BCUT2D eigenvalue weighted by molar-refractivity contribution is 0.153. The number of aromatic nitrogens is 2. The van der Waals surface area contributed by atoms with E-state index in [9.17, 15) is 17.2 Å². The maximum absolute atomic E-state index is 12.2. The van der Waals surface area contributed by atoms with Gasteiger partial charge < -0.3 is 5.32 Å². The molecule has 0 aromatic carbocycles. The average molecular weight is 324 g/mol. The van der Waals surface area contributed by atoms with Gasteiger partial charge in [-0.1, -0.05) is 13.8 Å². The van der Waals surface area contributed by atoms with Crippen molar-refractivity contribution < 1.29 is 17.2 Å². The summed E-state index contributed by atoms with van der Waals surface area (Å²) in [6.45, 7) is 7.43. The Morgan fingerprint density at radius 3 is 2.43 bits per heavy atom. The maximum Gasteiger partial charge on any atom is 0.251 e. The van der Waals surface area contributed by atoms with E-state index < -0.39 is 23.0 Å². The third kappa shape index (κ3) is 5.01. The van der Waals surface area contributed by atoms with Gasteiger partial charge in [0.05, 0.1) is 24.5 Å². The Hall–Kier alpha value is -1.06. The lowest BCUT2D eigenvalue weighted by atomic mass is 10.4. The van der Waals surface area contributed by atoms with Crippen LogP contribution in [0.1, 0.15) is 25.2 Å². The van der Waals surface area contributed by atoms with Gasteiger partial charge in [-0.25, -0.2) is 21.9 Å². The van der Waals surface area contributed by atoms with Crippen LogP contribution in [0.25, 0.3) is 0 Å². The Kier molecular flexibility index (Phi) is 6.24. The first-order valence-corrected chi connectivity index (χ1v) is 8.18. The number of nitrogens with one attached hydrogen (secondary N) is 2. The van der Waals surface area contributed by atoms with Crippen LogP contribution >= 0.6 is 0 Å². The zero-order valence-electron chi connectivity index (χ0n) is 12.7. The topological polar surface area (TPSA) is 76.0 Å². The highest BCUT2D eigenvalue weighted by Gasteiger charge is 2.25. The van der Waals surface area contributed by atoms with Crippen molar-refractivity contribution in [2.75, 3.05) is 13.1 Å². The molecular formula is C12H22F2N4O2S. The van der Waals surface area contributed by atoms with Crippen molar-refractivity contribution in [2.45, 2.75) is 51.6 Å². The van der Waals surface area contributed by atoms with Crippen LogP contribution in [0, 0.1) is 13.8 Å². The van der Waals surface area contributed by atoms with Gasteiger partial charge in [0, 0.05) is 12.6 Å². The predicted molar refractivity (Wildman–Crippen MR) is 76.0 cm³/mol. The molecule has 9 heteroatoms. The van der Waals surface area contributed by atoms with Gasteiger partial charge in [-0.05, 0) is 13.8 Å². The summed E-state index contributed by atoms with van der Waals surface area (Å²) in [6, 6.07) is 0.317. The van der Waals surface area contributed by atoms with Crippen LogP contribution in [0.5, 0.6) is 0 Å². The van der Waals surface area contributed by atoms with E-state index in [4.69, 9.17) is 0 Å². The molecule has 1 aromatic heterocycles. The number of nitrogens with zero attached hydrogens (tertiary/aromatic N) is 2. The van der Waals surface area contributed by atoms with Crippen LogP contribution in [0.15, 0.2) is 4.90 Å². The van der Waals surface area contributed by atoms with Gasteiger partial charge in [0.15, 0.2) is 0 Å². The molecule has 0 atom stereocenters. The summed E-state index contributed by atoms with van der Waals surface area (Å²) in [6.07, 6.45) is -2.73. The third-order valence-corrected chi connectivity index (χ3v) is 4.56. The van der Waals surface area contributed by atoms with Crippen molar-refractivity contribution in [3.63, 3.8) is 0 Å². The van der Waals surface area contributed by atoms with E-state index in [1.807, 2.05) is 18.6 Å². The first kappa shape index (κ1) is 18.0. The van der Waals surface area contributed by atoms with Crippen molar-refractivity contribution >= 4 is 10.0 Å². The molecule has 0 radical (unpaired) electrons. The molecule has 0 aliphatic carbocycles. The summed E-state index contributed by atoms with van der Waals surface area (Å²) < 4.78 is 51.9. The largest absolute Gasteiger partial charge is 0.313 e. The SMILES string of the molecule is Cc1nn(CCNC(C)C)c(C)c1S(=O)(=O)NCC(F)F. The van der Waals surface area contributed by atoms with Crippen LogP contribution in [0.2, 0.25) is 0 Å². The minimum Gasteiger partial charge on any atom is -0.313 e. The molecule has 6 nitrogen and oxygen atoms in total. The molecule has 21 heavy (non-hydrogen) atoms. The van der Waals surface area contributed by atoms with Crippen LogP contribution in [0.3, 0.4) is 0 Å². The smallest absolute Gasteiger partial charge is 0.251 e. The summed E-state index contributed by atoms with van der Waals surface area (Å²) in [5.41, 5.74) is 0.749. The van der Waals surface area contributed by atoms with Crippen molar-refractivity contribution in [3.05, 3.63) is 11.4 Å². The molecule has 0 bridgehead atoms. The monoisotopic (exact) mass is 324 g/mol. The normalized spacial score (nSPS) is 12.6. The van der Waals surface area contributed by atoms with Crippen molar-refractivity contribution in [1.82, 2.24) is 19.8 Å². The second kappa shape index (κ2) is 7.28. The summed E-state index contributed by atoms with van der Waals surface area (Å²) in [4.78, 5) is -0.0207. The molecule has 0 aliphatic heterocycles. The van der Waals surface area contributed by atoms with Gasteiger partial charge in [-0.15, -0.1) is 0 Å². The van der Waals surface area contributed by atoms with E-state index in [1.54, 1.807) is 18.5 Å². The number of rotatable bonds is 8. The quantitative estimate of drug-likeness (QED) is 0.749. The molecule has 122 valence electrons. The average Bonchev–Trinajstić information content (AvgIpc) is 2.62. The number of alkyl halides is 2. The lowest BCUT2D eigenvalue weighted by Gasteiger charge is -2.10. The highest BCUT2D eigenvalue weighted by Crippen LogP contribution is 2.19. The standard InChI is InChI=1S/C12H22F2N4O2S/c1-8(2)15-5-6-18-10(4)12(9(3)17-18)21(19,20)16-7-11(13)14/h8,11,15-16H,5-7H2,1-4H3. The van der Waals surface area contributed by atoms with Crippen LogP contribution < -0.4 is 10.0 Å². The molecule has 1 heterocycles. The Morgan fingerprint density at radius 1 is 1.29 bits per heavy atom. The molecule has 0 saturated carbocycles. The first-order valence-electron chi connectivity index (χ1n) is 6.70. The lowest BCUT2D eigenvalue weighted by Crippen LogP contribution is -2.29. The summed E-state index contributed by atoms with van der Waals surface area (Å²) >= 11 is 0. The van der Waals surface area contributed by atoms with Crippen LogP contribution in [-0.2, 0) is 16.6 Å². The highest BCUT2D eigenvalue weighted by atomic mass is 32.2. The molecule has 0 spiro atoms. The van der Waals surface area contributed by atoms with Gasteiger partial charge in [0.25, 0.3) is 6.43 Å². The molecule has 0 aliphatic rings. The summed E-state index contributed by atoms with van der Waals surface area (Å²) in [5.74, 6) is 0. The Labute approximate surface area is 124 Å². The highest BCUT2D eigenvalue weighted by molar-refractivity contribution is 7.89. The molecule has 0 saturated heterocycles. The number of aryl methyl sites for hydroxylation is 1. The van der Waals surface area contributed by atoms with Gasteiger partial charge >= 0.3 is 0 Å². The third-order valence-electron chi connectivity index (χ3n) is 2.89. The van der Waals surface area contributed by atoms with Gasteiger partial charge in [-0.3, -0.25) is 4.68 Å². The van der Waals surface area contributed by atoms with E-state index in [2.05, 4.69) is 10.4 Å². The molecule has 0 fully saturated rings. The molecule has 0 unspecified atom stereocenters. The number of halogens is 2. The molecule has 0 amide bonds. The maximum atomic E-state index is 12.2. The summed E-state index contributed by atoms with van der Waals surface area (Å²) in [5, 5.41) is 7.37. The van der Waals surface area contributed by atoms with E-state index in [1.165, 1.54) is 0 Å². The zero-order chi connectivity index (χ0) is 16.2. The number of hydrogen-bond donors (Lipinski definition) is 2. The molecular weight excluding hydrogens is 302 g/mol. The Morgan fingerprint density at radius 2 is 1.90 bits per heavy atom. The van der Waals surface area contributed by atoms with Gasteiger partial charge in [0.1, 0.15) is 4.90 Å². The summed E-state index contributed by atoms with van der Waals surface area (Å²) in [7, 11) is -3.97. The van der Waals surface area contributed by atoms with Crippen molar-refractivity contribution in [3.8, 4) is 0 Å². The van der Waals surface area contributed by atoms with Crippen molar-refractivity contribution in [2.24, 2.45) is 0 Å². The fraction of sp³-hybridized carbons (Fsp3) is 0.750.